The number of carboxylic acids is 1. The first kappa shape index (κ1) is 13.6. The molecule has 0 bridgehead atoms. The second kappa shape index (κ2) is 5.86. The van der Waals surface area contributed by atoms with Crippen LogP contribution in [0.25, 0.3) is 0 Å². The van der Waals surface area contributed by atoms with E-state index in [4.69, 9.17) is 9.52 Å². The van der Waals surface area contributed by atoms with E-state index in [0.29, 0.717) is 31.0 Å². The first-order valence-electron chi connectivity index (χ1n) is 6.49. The molecule has 1 amide bonds. The van der Waals surface area contributed by atoms with Gasteiger partial charge in [-0.15, -0.1) is 0 Å². The Kier molecular flexibility index (Phi) is 4.19. The molecule has 0 aliphatic heterocycles. The molecule has 6 heteroatoms. The predicted octanol–water partition coefficient (Wildman–Crippen LogP) is 1.60. The molecule has 1 fully saturated rings. The smallest absolute Gasteiger partial charge is 0.306 e. The Hall–Kier alpha value is -1.85. The van der Waals surface area contributed by atoms with Gasteiger partial charge in [-0.25, -0.2) is 4.98 Å². The van der Waals surface area contributed by atoms with Gasteiger partial charge in [-0.1, -0.05) is 0 Å². The Balaban J connectivity index is 1.77. The van der Waals surface area contributed by atoms with E-state index in [9.17, 15) is 9.59 Å². The lowest BCUT2D eigenvalue weighted by atomic mass is 9.82. The summed E-state index contributed by atoms with van der Waals surface area (Å²) in [4.78, 5) is 26.5. The predicted molar refractivity (Wildman–Crippen MR) is 66.7 cm³/mol. The molecule has 1 aliphatic rings. The maximum absolute atomic E-state index is 11.8. The molecule has 0 spiro atoms. The lowest BCUT2D eigenvalue weighted by molar-refractivity contribution is -0.143. The third-order valence-corrected chi connectivity index (χ3v) is 3.70. The van der Waals surface area contributed by atoms with Gasteiger partial charge in [-0.2, -0.15) is 0 Å². The summed E-state index contributed by atoms with van der Waals surface area (Å²) in [6.07, 6.45) is 4.32. The Morgan fingerprint density at radius 3 is 2.63 bits per heavy atom. The minimum atomic E-state index is -0.709. The summed E-state index contributed by atoms with van der Waals surface area (Å²) in [5, 5.41) is 11.7. The van der Waals surface area contributed by atoms with Gasteiger partial charge in [0.05, 0.1) is 11.6 Å². The minimum absolute atomic E-state index is 0.219. The van der Waals surface area contributed by atoms with Gasteiger partial charge < -0.3 is 14.8 Å². The van der Waals surface area contributed by atoms with Crippen molar-refractivity contribution in [1.82, 2.24) is 10.3 Å². The van der Waals surface area contributed by atoms with Crippen LogP contribution >= 0.6 is 0 Å². The maximum atomic E-state index is 11.8. The maximum Gasteiger partial charge on any atom is 0.306 e. The molecule has 104 valence electrons. The van der Waals surface area contributed by atoms with Crippen molar-refractivity contribution in [2.24, 2.45) is 11.8 Å². The number of carbonyl (C=O) groups is 2. The Labute approximate surface area is 111 Å². The number of rotatable bonds is 4. The summed E-state index contributed by atoms with van der Waals surface area (Å²) < 4.78 is 5.01. The van der Waals surface area contributed by atoms with Crippen molar-refractivity contribution in [3.8, 4) is 0 Å². The molecule has 6 nitrogen and oxygen atoms in total. The molecular formula is C13H18N2O4. The molecule has 2 rings (SSSR count). The Morgan fingerprint density at radius 2 is 2.11 bits per heavy atom. The van der Waals surface area contributed by atoms with Crippen molar-refractivity contribution in [1.29, 1.82) is 0 Å². The molecule has 2 N–H and O–H groups in total. The van der Waals surface area contributed by atoms with Gasteiger partial charge in [-0.3, -0.25) is 9.59 Å². The van der Waals surface area contributed by atoms with Gasteiger partial charge in [0.25, 0.3) is 5.91 Å². The second-order valence-electron chi connectivity index (χ2n) is 5.03. The van der Waals surface area contributed by atoms with Crippen LogP contribution < -0.4 is 5.32 Å². The SMILES string of the molecule is Cc1ncoc1C(=O)NCC1CCC(C(=O)O)CC1. The van der Waals surface area contributed by atoms with E-state index in [1.54, 1.807) is 6.92 Å². The number of aliphatic carboxylic acids is 1. The van der Waals surface area contributed by atoms with Crippen molar-refractivity contribution in [2.45, 2.75) is 32.6 Å². The summed E-state index contributed by atoms with van der Waals surface area (Å²) >= 11 is 0. The summed E-state index contributed by atoms with van der Waals surface area (Å²) in [6.45, 7) is 2.28. The highest BCUT2D eigenvalue weighted by molar-refractivity contribution is 5.92. The average molecular weight is 266 g/mol. The van der Waals surface area contributed by atoms with Gasteiger partial charge in [-0.05, 0) is 38.5 Å². The van der Waals surface area contributed by atoms with Crippen LogP contribution in [0.1, 0.15) is 41.9 Å². The van der Waals surface area contributed by atoms with E-state index >= 15 is 0 Å². The molecule has 1 aromatic heterocycles. The standard InChI is InChI=1S/C13H18N2O4/c1-8-11(19-7-15-8)12(16)14-6-9-2-4-10(5-3-9)13(17)18/h7,9-10H,2-6H2,1H3,(H,14,16)(H,17,18). The quantitative estimate of drug-likeness (QED) is 0.863. The Bertz CT molecular complexity index is 461. The molecule has 0 aromatic carbocycles. The third kappa shape index (κ3) is 3.33. The highest BCUT2D eigenvalue weighted by Crippen LogP contribution is 2.28. The number of amides is 1. The molecule has 0 atom stereocenters. The van der Waals surface area contributed by atoms with Gasteiger partial charge >= 0.3 is 5.97 Å². The van der Waals surface area contributed by atoms with Gasteiger partial charge in [0.2, 0.25) is 5.76 Å². The van der Waals surface area contributed by atoms with Crippen molar-refractivity contribution < 1.29 is 19.1 Å². The van der Waals surface area contributed by atoms with Crippen LogP contribution in [0.2, 0.25) is 0 Å². The lowest BCUT2D eigenvalue weighted by Gasteiger charge is -2.25. The summed E-state index contributed by atoms with van der Waals surface area (Å²) in [6, 6.07) is 0. The van der Waals surface area contributed by atoms with Gasteiger partial charge in [0, 0.05) is 6.54 Å². The van der Waals surface area contributed by atoms with Crippen molar-refractivity contribution in [3.05, 3.63) is 17.8 Å². The number of hydrogen-bond acceptors (Lipinski definition) is 4. The molecule has 1 saturated carbocycles. The van der Waals surface area contributed by atoms with Crippen molar-refractivity contribution >= 4 is 11.9 Å². The highest BCUT2D eigenvalue weighted by atomic mass is 16.4. The zero-order valence-electron chi connectivity index (χ0n) is 10.9. The van der Waals surface area contributed by atoms with E-state index in [2.05, 4.69) is 10.3 Å². The minimum Gasteiger partial charge on any atom is -0.481 e. The molecular weight excluding hydrogens is 248 g/mol. The van der Waals surface area contributed by atoms with Crippen LogP contribution in [0, 0.1) is 18.8 Å². The van der Waals surface area contributed by atoms with Gasteiger partial charge in [0.1, 0.15) is 0 Å². The fraction of sp³-hybridized carbons (Fsp3) is 0.615. The molecule has 1 aliphatic carbocycles. The van der Waals surface area contributed by atoms with Crippen LogP contribution in [0.4, 0.5) is 0 Å². The fourth-order valence-corrected chi connectivity index (χ4v) is 2.45. The summed E-state index contributed by atoms with van der Waals surface area (Å²) in [5.74, 6) is -0.583. The first-order valence-corrected chi connectivity index (χ1v) is 6.49. The molecule has 0 saturated heterocycles. The van der Waals surface area contributed by atoms with E-state index in [-0.39, 0.29) is 17.6 Å². The van der Waals surface area contributed by atoms with Crippen molar-refractivity contribution in [2.75, 3.05) is 6.54 Å². The van der Waals surface area contributed by atoms with Crippen LogP contribution in [-0.2, 0) is 4.79 Å². The van der Waals surface area contributed by atoms with E-state index in [1.807, 2.05) is 0 Å². The third-order valence-electron chi connectivity index (χ3n) is 3.70. The fourth-order valence-electron chi connectivity index (χ4n) is 2.45. The monoisotopic (exact) mass is 266 g/mol. The number of carbonyl (C=O) groups excluding carboxylic acids is 1. The van der Waals surface area contributed by atoms with E-state index in [0.717, 1.165) is 12.8 Å². The molecule has 0 unspecified atom stereocenters. The Morgan fingerprint density at radius 1 is 1.42 bits per heavy atom. The van der Waals surface area contributed by atoms with E-state index in [1.165, 1.54) is 6.39 Å². The summed E-state index contributed by atoms with van der Waals surface area (Å²) in [5.41, 5.74) is 0.576. The zero-order valence-corrected chi connectivity index (χ0v) is 10.9. The molecule has 1 aromatic rings. The number of oxazole rings is 1. The summed E-state index contributed by atoms with van der Waals surface area (Å²) in [7, 11) is 0. The van der Waals surface area contributed by atoms with Crippen LogP contribution in [0.15, 0.2) is 10.8 Å². The van der Waals surface area contributed by atoms with Crippen LogP contribution in [0.5, 0.6) is 0 Å². The number of carboxylic acid groups (broad SMARTS) is 1. The molecule has 19 heavy (non-hydrogen) atoms. The second-order valence-corrected chi connectivity index (χ2v) is 5.03. The van der Waals surface area contributed by atoms with E-state index < -0.39 is 5.97 Å². The van der Waals surface area contributed by atoms with Crippen LogP contribution in [-0.4, -0.2) is 28.5 Å². The number of hydrogen-bond donors (Lipinski definition) is 2. The number of nitrogens with one attached hydrogen (secondary N) is 1. The number of aryl methyl sites for hydroxylation is 1. The molecule has 1 heterocycles. The number of nitrogens with zero attached hydrogens (tertiary/aromatic N) is 1. The first-order chi connectivity index (χ1) is 9.08. The highest BCUT2D eigenvalue weighted by Gasteiger charge is 2.26. The van der Waals surface area contributed by atoms with Crippen LogP contribution in [0.3, 0.4) is 0 Å². The number of aromatic nitrogens is 1. The topological polar surface area (TPSA) is 92.4 Å². The largest absolute Gasteiger partial charge is 0.481 e. The van der Waals surface area contributed by atoms with Crippen molar-refractivity contribution in [3.63, 3.8) is 0 Å². The molecule has 0 radical (unpaired) electrons. The lowest BCUT2D eigenvalue weighted by Crippen LogP contribution is -2.32. The van der Waals surface area contributed by atoms with Gasteiger partial charge in [0.15, 0.2) is 6.39 Å². The zero-order chi connectivity index (χ0) is 13.8. The normalized spacial score (nSPS) is 23.0. The average Bonchev–Trinajstić information content (AvgIpc) is 2.83.